The van der Waals surface area contributed by atoms with E-state index in [4.69, 9.17) is 9.26 Å². The molecule has 6 nitrogen and oxygen atoms in total. The molecule has 0 bridgehead atoms. The van der Waals surface area contributed by atoms with Gasteiger partial charge in [0.15, 0.2) is 5.82 Å². The molecule has 1 aromatic heterocycles. The first-order chi connectivity index (χ1) is 12.3. The maximum Gasteiger partial charge on any atom is 0.226 e. The first kappa shape index (κ1) is 16.3. The van der Waals surface area contributed by atoms with Gasteiger partial charge in [-0.2, -0.15) is 4.98 Å². The fourth-order valence-corrected chi connectivity index (χ4v) is 3.80. The zero-order valence-electron chi connectivity index (χ0n) is 14.5. The number of carbonyl (C=O) groups is 1. The van der Waals surface area contributed by atoms with Gasteiger partial charge in [-0.25, -0.2) is 0 Å². The van der Waals surface area contributed by atoms with E-state index in [9.17, 15) is 4.79 Å². The first-order valence-corrected chi connectivity index (χ1v) is 9.07. The summed E-state index contributed by atoms with van der Waals surface area (Å²) in [5.41, 5.74) is 2.43. The molecular formula is C19H23N3O3. The number of hydrogen-bond donors (Lipinski definition) is 0. The molecule has 1 fully saturated rings. The Balaban J connectivity index is 1.49. The maximum absolute atomic E-state index is 12.9. The molecule has 0 unspecified atom stereocenters. The molecular weight excluding hydrogens is 318 g/mol. The zero-order chi connectivity index (χ0) is 17.2. The van der Waals surface area contributed by atoms with Crippen molar-refractivity contribution in [3.63, 3.8) is 0 Å². The Morgan fingerprint density at radius 1 is 1.36 bits per heavy atom. The van der Waals surface area contributed by atoms with Crippen LogP contribution in [0.1, 0.15) is 61.2 Å². The Labute approximate surface area is 147 Å². The minimum Gasteiger partial charge on any atom is -0.373 e. The number of hydrogen-bond acceptors (Lipinski definition) is 5. The second-order valence-electron chi connectivity index (χ2n) is 6.66. The highest BCUT2D eigenvalue weighted by Crippen LogP contribution is 2.34. The minimum absolute atomic E-state index is 0.0737. The molecule has 2 aromatic rings. The molecule has 4 rings (SSSR count). The van der Waals surface area contributed by atoms with Crippen LogP contribution in [0.2, 0.25) is 0 Å². The van der Waals surface area contributed by atoms with Crippen molar-refractivity contribution in [3.8, 4) is 0 Å². The Morgan fingerprint density at radius 2 is 2.24 bits per heavy atom. The van der Waals surface area contributed by atoms with E-state index >= 15 is 0 Å². The van der Waals surface area contributed by atoms with Gasteiger partial charge >= 0.3 is 0 Å². The second-order valence-corrected chi connectivity index (χ2v) is 6.66. The van der Waals surface area contributed by atoms with Crippen molar-refractivity contribution in [3.05, 3.63) is 47.1 Å². The average Bonchev–Trinajstić information content (AvgIpc) is 3.31. The summed E-state index contributed by atoms with van der Waals surface area (Å²) in [5, 5.41) is 4.07. The number of ether oxygens (including phenoxy) is 1. The van der Waals surface area contributed by atoms with Crippen LogP contribution in [-0.2, 0) is 22.4 Å². The van der Waals surface area contributed by atoms with Crippen molar-refractivity contribution in [1.29, 1.82) is 0 Å². The third kappa shape index (κ3) is 3.18. The lowest BCUT2D eigenvalue weighted by Gasteiger charge is -2.29. The largest absolute Gasteiger partial charge is 0.373 e. The van der Waals surface area contributed by atoms with Gasteiger partial charge in [-0.05, 0) is 30.4 Å². The Hall–Kier alpha value is -2.21. The highest BCUT2D eigenvalue weighted by atomic mass is 16.5. The standard InChI is InChI=1S/C19H23N3O3/c1-2-17-20-19(21-25-17)15-8-5-10-22(15)18(23)12-16-14-7-4-3-6-13(14)9-11-24-16/h3-4,6-7,15-16H,2,5,8-12H2,1H3/t15-,16+/m1/s1. The first-order valence-electron chi connectivity index (χ1n) is 9.07. The molecule has 0 saturated carbocycles. The molecule has 3 heterocycles. The van der Waals surface area contributed by atoms with Crippen LogP contribution in [0.3, 0.4) is 0 Å². The topological polar surface area (TPSA) is 68.5 Å². The van der Waals surface area contributed by atoms with Crippen LogP contribution in [0.4, 0.5) is 0 Å². The molecule has 0 N–H and O–H groups in total. The molecule has 132 valence electrons. The maximum atomic E-state index is 12.9. The van der Waals surface area contributed by atoms with Crippen molar-refractivity contribution in [2.75, 3.05) is 13.2 Å². The Morgan fingerprint density at radius 3 is 3.08 bits per heavy atom. The van der Waals surface area contributed by atoms with Gasteiger partial charge in [-0.1, -0.05) is 36.3 Å². The van der Waals surface area contributed by atoms with E-state index in [0.717, 1.165) is 31.4 Å². The Kier molecular flexibility index (Phi) is 4.53. The predicted octanol–water partition coefficient (Wildman–Crippen LogP) is 3.00. The lowest BCUT2D eigenvalue weighted by Crippen LogP contribution is -2.33. The SMILES string of the molecule is CCc1nc([C@H]2CCCN2C(=O)C[C@@H]2OCCc3ccccc32)no1. The van der Waals surface area contributed by atoms with Gasteiger partial charge in [0.2, 0.25) is 11.8 Å². The van der Waals surface area contributed by atoms with Gasteiger partial charge in [0.1, 0.15) is 0 Å². The van der Waals surface area contributed by atoms with Crippen molar-refractivity contribution < 1.29 is 14.1 Å². The van der Waals surface area contributed by atoms with E-state index < -0.39 is 0 Å². The molecule has 0 aliphatic carbocycles. The number of fused-ring (bicyclic) bond motifs is 1. The van der Waals surface area contributed by atoms with Crippen LogP contribution in [0.5, 0.6) is 0 Å². The quantitative estimate of drug-likeness (QED) is 0.855. The molecule has 1 aromatic carbocycles. The average molecular weight is 341 g/mol. The predicted molar refractivity (Wildman–Crippen MR) is 90.8 cm³/mol. The van der Waals surface area contributed by atoms with E-state index in [0.29, 0.717) is 31.2 Å². The number of carbonyl (C=O) groups excluding carboxylic acids is 1. The Bertz CT molecular complexity index is 758. The van der Waals surface area contributed by atoms with Crippen LogP contribution >= 0.6 is 0 Å². The lowest BCUT2D eigenvalue weighted by molar-refractivity contribution is -0.135. The van der Waals surface area contributed by atoms with E-state index in [1.807, 2.05) is 24.0 Å². The van der Waals surface area contributed by atoms with Crippen LogP contribution < -0.4 is 0 Å². The van der Waals surface area contributed by atoms with E-state index in [2.05, 4.69) is 22.3 Å². The summed E-state index contributed by atoms with van der Waals surface area (Å²) < 4.78 is 11.1. The van der Waals surface area contributed by atoms with Gasteiger partial charge in [0, 0.05) is 13.0 Å². The van der Waals surface area contributed by atoms with Crippen molar-refractivity contribution >= 4 is 5.91 Å². The molecule has 6 heteroatoms. The fraction of sp³-hybridized carbons (Fsp3) is 0.526. The number of rotatable bonds is 4. The van der Waals surface area contributed by atoms with Gasteiger partial charge in [0.25, 0.3) is 0 Å². The highest BCUT2D eigenvalue weighted by molar-refractivity contribution is 5.77. The van der Waals surface area contributed by atoms with Crippen LogP contribution in [0.25, 0.3) is 0 Å². The molecule has 25 heavy (non-hydrogen) atoms. The third-order valence-electron chi connectivity index (χ3n) is 5.11. The summed E-state index contributed by atoms with van der Waals surface area (Å²) in [4.78, 5) is 19.3. The molecule has 0 spiro atoms. The van der Waals surface area contributed by atoms with Crippen LogP contribution in [0, 0.1) is 0 Å². The number of likely N-dealkylation sites (tertiary alicyclic amines) is 1. The van der Waals surface area contributed by atoms with E-state index in [1.54, 1.807) is 0 Å². The van der Waals surface area contributed by atoms with Gasteiger partial charge in [0.05, 0.1) is 25.2 Å². The summed E-state index contributed by atoms with van der Waals surface area (Å²) in [7, 11) is 0. The highest BCUT2D eigenvalue weighted by Gasteiger charge is 2.35. The summed E-state index contributed by atoms with van der Waals surface area (Å²) >= 11 is 0. The smallest absolute Gasteiger partial charge is 0.226 e. The number of amides is 1. The monoisotopic (exact) mass is 341 g/mol. The molecule has 2 aliphatic rings. The lowest BCUT2D eigenvalue weighted by atomic mass is 9.95. The fourth-order valence-electron chi connectivity index (χ4n) is 3.80. The zero-order valence-corrected chi connectivity index (χ0v) is 14.5. The molecule has 1 saturated heterocycles. The molecule has 2 atom stereocenters. The van der Waals surface area contributed by atoms with Crippen molar-refractivity contribution in [1.82, 2.24) is 15.0 Å². The van der Waals surface area contributed by atoms with Crippen molar-refractivity contribution in [2.24, 2.45) is 0 Å². The van der Waals surface area contributed by atoms with E-state index in [-0.39, 0.29) is 18.1 Å². The normalized spacial score (nSPS) is 22.8. The van der Waals surface area contributed by atoms with Gasteiger partial charge in [-0.3, -0.25) is 4.79 Å². The summed E-state index contributed by atoms with van der Waals surface area (Å²) in [6, 6.07) is 8.17. The number of aromatic nitrogens is 2. The minimum atomic E-state index is -0.157. The van der Waals surface area contributed by atoms with Crippen LogP contribution in [-0.4, -0.2) is 34.1 Å². The number of nitrogens with zero attached hydrogens (tertiary/aromatic N) is 3. The summed E-state index contributed by atoms with van der Waals surface area (Å²) in [6.07, 6.45) is 3.68. The second kappa shape index (κ2) is 6.96. The third-order valence-corrected chi connectivity index (χ3v) is 5.11. The van der Waals surface area contributed by atoms with Gasteiger partial charge in [-0.15, -0.1) is 0 Å². The summed E-state index contributed by atoms with van der Waals surface area (Å²) in [6.45, 7) is 3.39. The molecule has 1 amide bonds. The van der Waals surface area contributed by atoms with Gasteiger partial charge < -0.3 is 14.2 Å². The molecule has 0 radical (unpaired) electrons. The molecule has 2 aliphatic heterocycles. The van der Waals surface area contributed by atoms with Crippen molar-refractivity contribution in [2.45, 2.75) is 51.2 Å². The summed E-state index contributed by atoms with van der Waals surface area (Å²) in [5.74, 6) is 1.36. The van der Waals surface area contributed by atoms with E-state index in [1.165, 1.54) is 5.56 Å². The van der Waals surface area contributed by atoms with Crippen LogP contribution in [0.15, 0.2) is 28.8 Å². The number of benzene rings is 1. The number of aryl methyl sites for hydroxylation is 1.